The van der Waals surface area contributed by atoms with Gasteiger partial charge in [0.15, 0.2) is 17.3 Å². The molecule has 0 saturated heterocycles. The van der Waals surface area contributed by atoms with Crippen LogP contribution < -0.4 is 22.9 Å². The molecule has 2 atom stereocenters. The van der Waals surface area contributed by atoms with Crippen LogP contribution in [0.1, 0.15) is 38.6 Å². The highest BCUT2D eigenvalue weighted by Gasteiger charge is 2.45. The molecule has 9 N–H and O–H groups in total. The molecule has 2 rings (SSSR count). The minimum atomic E-state index is -2.27. The van der Waals surface area contributed by atoms with Crippen molar-refractivity contribution in [2.24, 2.45) is 27.9 Å². The van der Waals surface area contributed by atoms with Crippen LogP contribution in [0.2, 0.25) is 0 Å². The highest BCUT2D eigenvalue weighted by atomic mass is 35.5. The summed E-state index contributed by atoms with van der Waals surface area (Å²) in [5.74, 6) is -3.95. The van der Waals surface area contributed by atoms with E-state index >= 15 is 0 Å². The average Bonchev–Trinajstić information content (AvgIpc) is 2.70. The zero-order valence-corrected chi connectivity index (χ0v) is 16.8. The predicted molar refractivity (Wildman–Crippen MR) is 116 cm³/mol. The maximum atomic E-state index is 12.9. The zero-order valence-electron chi connectivity index (χ0n) is 16.0. The standard InChI is InChI=1S/C20H23N5O4.ClH/c21-17(27)15-9-5-4-8-14(15)13(11-25-19(22)23)10-20(24,18(28)29)16(26)12-6-2-1-3-7-12;/h1-9,13H,10-11,24H2,(H2,21,27)(H,28,29)(H4,22,23,25);1H/t13?,20-;/m1./s1. The number of aliphatic carboxylic acids is 1. The van der Waals surface area contributed by atoms with Crippen LogP contribution in [-0.2, 0) is 4.79 Å². The summed E-state index contributed by atoms with van der Waals surface area (Å²) < 4.78 is 0. The number of Topliss-reactive ketones (excluding diaryl/α,β-unsaturated/α-hetero) is 1. The smallest absolute Gasteiger partial charge is 0.331 e. The molecule has 0 spiro atoms. The van der Waals surface area contributed by atoms with E-state index in [1.807, 2.05) is 0 Å². The molecule has 0 aliphatic carbocycles. The van der Waals surface area contributed by atoms with Crippen LogP contribution in [0, 0.1) is 0 Å². The molecule has 160 valence electrons. The summed E-state index contributed by atoms with van der Waals surface area (Å²) in [5.41, 5.74) is 20.8. The Bertz CT molecular complexity index is 947. The van der Waals surface area contributed by atoms with Gasteiger partial charge in [-0.3, -0.25) is 14.6 Å². The first-order chi connectivity index (χ1) is 13.7. The average molecular weight is 434 g/mol. The summed E-state index contributed by atoms with van der Waals surface area (Å²) in [4.78, 5) is 40.8. The Labute approximate surface area is 179 Å². The summed E-state index contributed by atoms with van der Waals surface area (Å²) >= 11 is 0. The number of hydrogen-bond donors (Lipinski definition) is 5. The first-order valence-corrected chi connectivity index (χ1v) is 8.73. The largest absolute Gasteiger partial charge is 0.480 e. The molecule has 0 fully saturated rings. The summed E-state index contributed by atoms with van der Waals surface area (Å²) in [6, 6.07) is 14.2. The first-order valence-electron chi connectivity index (χ1n) is 8.73. The third kappa shape index (κ3) is 5.56. The molecule has 2 aromatic rings. The lowest BCUT2D eigenvalue weighted by atomic mass is 9.78. The van der Waals surface area contributed by atoms with E-state index in [1.54, 1.807) is 36.4 Å². The SMILES string of the molecule is Cl.NC(=O)c1ccccc1C(CN=C(N)N)C[C@](N)(C(=O)O)C(=O)c1ccccc1. The fourth-order valence-electron chi connectivity index (χ4n) is 3.08. The number of primary amides is 1. The van der Waals surface area contributed by atoms with Gasteiger partial charge in [-0.1, -0.05) is 48.5 Å². The number of ketones is 1. The molecule has 0 aliphatic rings. The third-order valence-corrected chi connectivity index (χ3v) is 4.55. The van der Waals surface area contributed by atoms with Gasteiger partial charge in [-0.2, -0.15) is 0 Å². The van der Waals surface area contributed by atoms with Crippen molar-refractivity contribution >= 4 is 36.0 Å². The van der Waals surface area contributed by atoms with Gasteiger partial charge in [0, 0.05) is 23.6 Å². The number of carbonyl (C=O) groups is 3. The van der Waals surface area contributed by atoms with Gasteiger partial charge in [-0.05, 0) is 18.1 Å². The van der Waals surface area contributed by atoms with Gasteiger partial charge in [0.25, 0.3) is 0 Å². The molecule has 2 aromatic carbocycles. The monoisotopic (exact) mass is 433 g/mol. The number of carboxylic acids is 1. The quantitative estimate of drug-likeness (QED) is 0.166. The Kier molecular flexibility index (Phi) is 8.51. The van der Waals surface area contributed by atoms with Gasteiger partial charge < -0.3 is 28.0 Å². The molecular formula is C20H24ClN5O4. The number of halogens is 1. The molecule has 0 saturated carbocycles. The zero-order chi connectivity index (χ0) is 21.6. The number of carbonyl (C=O) groups excluding carboxylic acids is 2. The topological polar surface area (TPSA) is 188 Å². The minimum Gasteiger partial charge on any atom is -0.480 e. The van der Waals surface area contributed by atoms with Crippen molar-refractivity contribution in [1.82, 2.24) is 0 Å². The van der Waals surface area contributed by atoms with Crippen LogP contribution in [0.4, 0.5) is 0 Å². The van der Waals surface area contributed by atoms with E-state index in [9.17, 15) is 19.5 Å². The first kappa shape index (κ1) is 24.6. The highest BCUT2D eigenvalue weighted by molar-refractivity contribution is 6.15. The minimum absolute atomic E-state index is 0. The van der Waals surface area contributed by atoms with Crippen LogP contribution in [0.5, 0.6) is 0 Å². The molecule has 0 bridgehead atoms. The Hall–Kier alpha value is -3.43. The highest BCUT2D eigenvalue weighted by Crippen LogP contribution is 2.30. The summed E-state index contributed by atoms with van der Waals surface area (Å²) in [7, 11) is 0. The Morgan fingerprint density at radius 2 is 1.53 bits per heavy atom. The number of carboxylic acid groups (broad SMARTS) is 1. The van der Waals surface area contributed by atoms with Crippen molar-refractivity contribution in [3.63, 3.8) is 0 Å². The fourth-order valence-corrected chi connectivity index (χ4v) is 3.08. The van der Waals surface area contributed by atoms with Crippen LogP contribution in [0.25, 0.3) is 0 Å². The number of rotatable bonds is 9. The predicted octanol–water partition coefficient (Wildman–Crippen LogP) is 0.619. The van der Waals surface area contributed by atoms with Crippen molar-refractivity contribution in [2.75, 3.05) is 6.54 Å². The maximum absolute atomic E-state index is 12.9. The molecule has 0 heterocycles. The van der Waals surface area contributed by atoms with Crippen molar-refractivity contribution in [2.45, 2.75) is 17.9 Å². The second kappa shape index (κ2) is 10.4. The summed E-state index contributed by atoms with van der Waals surface area (Å²) in [5, 5.41) is 9.79. The molecule has 1 amide bonds. The van der Waals surface area contributed by atoms with E-state index in [0.29, 0.717) is 5.56 Å². The van der Waals surface area contributed by atoms with Crippen molar-refractivity contribution < 1.29 is 19.5 Å². The van der Waals surface area contributed by atoms with Gasteiger partial charge in [-0.15, -0.1) is 12.4 Å². The van der Waals surface area contributed by atoms with E-state index in [0.717, 1.165) is 0 Å². The molecule has 9 nitrogen and oxygen atoms in total. The Balaban J connectivity index is 0.00000450. The fraction of sp³-hybridized carbons (Fsp3) is 0.200. The lowest BCUT2D eigenvalue weighted by Gasteiger charge is -2.28. The summed E-state index contributed by atoms with van der Waals surface area (Å²) in [6.45, 7) is -0.0824. The number of hydrogen-bond acceptors (Lipinski definition) is 5. The van der Waals surface area contributed by atoms with E-state index in [-0.39, 0.29) is 42.5 Å². The van der Waals surface area contributed by atoms with E-state index in [4.69, 9.17) is 22.9 Å². The maximum Gasteiger partial charge on any atom is 0.331 e. The molecule has 0 aliphatic heterocycles. The van der Waals surface area contributed by atoms with Crippen LogP contribution in [-0.4, -0.2) is 40.8 Å². The number of benzene rings is 2. The van der Waals surface area contributed by atoms with Gasteiger partial charge >= 0.3 is 5.97 Å². The number of amides is 1. The number of guanidine groups is 1. The lowest BCUT2D eigenvalue weighted by molar-refractivity contribution is -0.141. The molecule has 1 unspecified atom stereocenters. The molecule has 0 radical (unpaired) electrons. The normalized spacial score (nSPS) is 13.2. The van der Waals surface area contributed by atoms with Crippen LogP contribution in [0.3, 0.4) is 0 Å². The van der Waals surface area contributed by atoms with E-state index < -0.39 is 29.1 Å². The van der Waals surface area contributed by atoms with Crippen molar-refractivity contribution in [3.05, 3.63) is 71.3 Å². The third-order valence-electron chi connectivity index (χ3n) is 4.55. The molecular weight excluding hydrogens is 410 g/mol. The van der Waals surface area contributed by atoms with Gasteiger partial charge in [-0.25, -0.2) is 4.79 Å². The number of aliphatic imine (C=N–C) groups is 1. The molecule has 10 heteroatoms. The van der Waals surface area contributed by atoms with E-state index in [1.165, 1.54) is 18.2 Å². The lowest BCUT2D eigenvalue weighted by Crippen LogP contribution is -2.56. The van der Waals surface area contributed by atoms with E-state index in [2.05, 4.69) is 4.99 Å². The van der Waals surface area contributed by atoms with Crippen LogP contribution in [0.15, 0.2) is 59.6 Å². The summed E-state index contributed by atoms with van der Waals surface area (Å²) in [6.07, 6.45) is -0.350. The number of nitrogens with zero attached hydrogens (tertiary/aromatic N) is 1. The van der Waals surface area contributed by atoms with Gasteiger partial charge in [0.2, 0.25) is 5.91 Å². The Morgan fingerprint density at radius 3 is 2.07 bits per heavy atom. The molecule has 30 heavy (non-hydrogen) atoms. The van der Waals surface area contributed by atoms with Crippen molar-refractivity contribution in [1.29, 1.82) is 0 Å². The molecule has 0 aromatic heterocycles. The second-order valence-electron chi connectivity index (χ2n) is 6.59. The van der Waals surface area contributed by atoms with Crippen molar-refractivity contribution in [3.8, 4) is 0 Å². The second-order valence-corrected chi connectivity index (χ2v) is 6.59. The van der Waals surface area contributed by atoms with Gasteiger partial charge in [0.1, 0.15) is 0 Å². The number of nitrogens with two attached hydrogens (primary N) is 4. The van der Waals surface area contributed by atoms with Crippen LogP contribution >= 0.6 is 12.4 Å². The van der Waals surface area contributed by atoms with Gasteiger partial charge in [0.05, 0.1) is 0 Å². The Morgan fingerprint density at radius 1 is 0.967 bits per heavy atom.